The molecule has 2 N–H and O–H groups in total. The molecule has 4 atom stereocenters. The third kappa shape index (κ3) is 6.15. The van der Waals surface area contributed by atoms with Crippen molar-refractivity contribution in [2.75, 3.05) is 18.4 Å². The smallest absolute Gasteiger partial charge is 0.251 e. The molecule has 2 heterocycles. The first-order valence-corrected chi connectivity index (χ1v) is 15.1. The van der Waals surface area contributed by atoms with Crippen LogP contribution in [0.5, 0.6) is 0 Å². The second kappa shape index (κ2) is 12.2. The van der Waals surface area contributed by atoms with Crippen LogP contribution in [-0.2, 0) is 25.2 Å². The summed E-state index contributed by atoms with van der Waals surface area (Å²) in [5, 5.41) is 15.8. The summed E-state index contributed by atoms with van der Waals surface area (Å²) < 4.78 is 0. The number of hydrogen-bond acceptors (Lipinski definition) is 5. The van der Waals surface area contributed by atoms with Crippen molar-refractivity contribution in [1.29, 1.82) is 5.26 Å². The average Bonchev–Trinajstić information content (AvgIpc) is 3.49. The van der Waals surface area contributed by atoms with Gasteiger partial charge in [0.05, 0.1) is 11.5 Å². The number of rotatable bonds is 8. The Morgan fingerprint density at radius 1 is 1.12 bits per heavy atom. The first-order chi connectivity index (χ1) is 20.2. The molecule has 1 saturated heterocycles. The molecule has 0 bridgehead atoms. The minimum Gasteiger partial charge on any atom is -0.341 e. The Labute approximate surface area is 254 Å². The third-order valence-electron chi connectivity index (χ3n) is 8.63. The Bertz CT molecular complexity index is 1440. The van der Waals surface area contributed by atoms with E-state index in [9.17, 15) is 24.4 Å². The van der Waals surface area contributed by atoms with Crippen LogP contribution in [0.3, 0.4) is 0 Å². The van der Waals surface area contributed by atoms with E-state index in [0.717, 1.165) is 11.1 Å². The predicted octanol–water partition coefficient (Wildman–Crippen LogP) is 4.38. The largest absolute Gasteiger partial charge is 0.341 e. The fraction of sp³-hybridized carbons (Fsp3) is 0.500. The van der Waals surface area contributed by atoms with E-state index >= 15 is 0 Å². The van der Waals surface area contributed by atoms with Gasteiger partial charge in [0, 0.05) is 30.8 Å². The highest BCUT2D eigenvalue weighted by molar-refractivity contribution is 6.07. The topological polar surface area (TPSA) is 123 Å². The predicted molar refractivity (Wildman–Crippen MR) is 165 cm³/mol. The Hall–Kier alpha value is -4.19. The summed E-state index contributed by atoms with van der Waals surface area (Å²) in [4.78, 5) is 57.3. The normalized spacial score (nSPS) is 20.8. The van der Waals surface area contributed by atoms with E-state index in [1.54, 1.807) is 26.0 Å². The number of likely N-dealkylation sites (tertiary alicyclic amines) is 1. The van der Waals surface area contributed by atoms with E-state index in [4.69, 9.17) is 0 Å². The summed E-state index contributed by atoms with van der Waals surface area (Å²) in [5.41, 5.74) is 1.95. The zero-order chi connectivity index (χ0) is 31.7. The van der Waals surface area contributed by atoms with Gasteiger partial charge >= 0.3 is 0 Å². The summed E-state index contributed by atoms with van der Waals surface area (Å²) in [7, 11) is 0. The SMILES string of the molecule is CCN(C(=O)[C@H](C)NC(=O)c1ccc(C(C)(C)C)cc1)[C@@H](CC(C)C)C(=O)N1C[C@]2(C[C@H]1C#N)C(=O)Nc1ccccc12. The molecule has 9 heteroatoms. The molecule has 1 spiro atoms. The first-order valence-electron chi connectivity index (χ1n) is 15.1. The number of nitrogens with one attached hydrogen (secondary N) is 2. The van der Waals surface area contributed by atoms with Crippen molar-refractivity contribution in [3.05, 3.63) is 65.2 Å². The van der Waals surface area contributed by atoms with Crippen molar-refractivity contribution in [3.63, 3.8) is 0 Å². The second-order valence-electron chi connectivity index (χ2n) is 13.2. The number of hydrogen-bond donors (Lipinski definition) is 2. The van der Waals surface area contributed by atoms with Gasteiger partial charge in [-0.15, -0.1) is 0 Å². The molecular weight excluding hydrogens is 542 g/mol. The number of nitrogens with zero attached hydrogens (tertiary/aromatic N) is 3. The highest BCUT2D eigenvalue weighted by Gasteiger charge is 2.56. The fourth-order valence-electron chi connectivity index (χ4n) is 6.23. The minimum absolute atomic E-state index is 0.0532. The summed E-state index contributed by atoms with van der Waals surface area (Å²) >= 11 is 0. The molecule has 2 aliphatic heterocycles. The lowest BCUT2D eigenvalue weighted by Gasteiger charge is -2.36. The molecule has 0 saturated carbocycles. The molecule has 43 heavy (non-hydrogen) atoms. The van der Waals surface area contributed by atoms with Gasteiger partial charge in [-0.2, -0.15) is 5.26 Å². The maximum atomic E-state index is 14.3. The zero-order valence-corrected chi connectivity index (χ0v) is 26.2. The number of fused-ring (bicyclic) bond motifs is 2. The number of para-hydroxylation sites is 1. The molecule has 4 rings (SSSR count). The number of anilines is 1. The fourth-order valence-corrected chi connectivity index (χ4v) is 6.23. The van der Waals surface area contributed by atoms with Crippen LogP contribution >= 0.6 is 0 Å². The van der Waals surface area contributed by atoms with Gasteiger partial charge < -0.3 is 20.4 Å². The van der Waals surface area contributed by atoms with Gasteiger partial charge in [0.25, 0.3) is 5.91 Å². The van der Waals surface area contributed by atoms with Crippen LogP contribution < -0.4 is 10.6 Å². The molecule has 0 radical (unpaired) electrons. The Kier molecular flexibility index (Phi) is 9.00. The third-order valence-corrected chi connectivity index (χ3v) is 8.63. The maximum absolute atomic E-state index is 14.3. The Morgan fingerprint density at radius 3 is 2.35 bits per heavy atom. The van der Waals surface area contributed by atoms with Gasteiger partial charge in [0.15, 0.2) is 0 Å². The minimum atomic E-state index is -1.01. The first kappa shape index (κ1) is 31.7. The summed E-state index contributed by atoms with van der Waals surface area (Å²) in [6, 6.07) is 14.4. The number of amides is 4. The summed E-state index contributed by atoms with van der Waals surface area (Å²) in [6.07, 6.45) is 0.560. The van der Waals surface area contributed by atoms with Crippen molar-refractivity contribution in [2.45, 2.75) is 90.3 Å². The summed E-state index contributed by atoms with van der Waals surface area (Å²) in [6.45, 7) is 13.9. The molecule has 2 aromatic carbocycles. The highest BCUT2D eigenvalue weighted by atomic mass is 16.2. The standard InChI is InChI=1S/C34H43N5O4/c1-8-38(30(41)22(4)36-29(40)23-13-15-24(16-14-23)33(5,6)7)28(17-21(2)3)31(42)39-20-34(18-25(39)19-35)26-11-9-10-12-27(26)37-32(34)43/h9-16,21-22,25,28H,8,17-18,20H2,1-7H3,(H,36,40)(H,37,43)/t22-,25-,28-,34-/m0/s1. The lowest BCUT2D eigenvalue weighted by atomic mass is 9.80. The molecule has 0 aliphatic carbocycles. The number of carbonyl (C=O) groups excluding carboxylic acids is 4. The molecule has 2 aromatic rings. The van der Waals surface area contributed by atoms with Gasteiger partial charge in [-0.1, -0.05) is 65.0 Å². The molecule has 228 valence electrons. The number of carbonyl (C=O) groups is 4. The van der Waals surface area contributed by atoms with E-state index in [1.165, 1.54) is 9.80 Å². The van der Waals surface area contributed by atoms with Crippen LogP contribution in [-0.4, -0.2) is 64.6 Å². The van der Waals surface area contributed by atoms with E-state index in [1.807, 2.05) is 50.2 Å². The quantitative estimate of drug-likeness (QED) is 0.476. The van der Waals surface area contributed by atoms with Crippen LogP contribution in [0.2, 0.25) is 0 Å². The van der Waals surface area contributed by atoms with Crippen LogP contribution in [0, 0.1) is 17.2 Å². The average molecular weight is 586 g/mol. The van der Waals surface area contributed by atoms with Gasteiger partial charge in [0.1, 0.15) is 18.1 Å². The molecule has 4 amide bonds. The van der Waals surface area contributed by atoms with Gasteiger partial charge in [0.2, 0.25) is 17.7 Å². The van der Waals surface area contributed by atoms with Gasteiger partial charge in [-0.05, 0) is 60.9 Å². The van der Waals surface area contributed by atoms with Crippen LogP contribution in [0.1, 0.15) is 82.8 Å². The van der Waals surface area contributed by atoms with Crippen LogP contribution in [0.15, 0.2) is 48.5 Å². The molecule has 0 aromatic heterocycles. The number of benzene rings is 2. The van der Waals surface area contributed by atoms with Crippen molar-refractivity contribution in [1.82, 2.24) is 15.1 Å². The van der Waals surface area contributed by atoms with Crippen LogP contribution in [0.4, 0.5) is 5.69 Å². The number of likely N-dealkylation sites (N-methyl/N-ethyl adjacent to an activating group) is 1. The van der Waals surface area contributed by atoms with Crippen LogP contribution in [0.25, 0.3) is 0 Å². The maximum Gasteiger partial charge on any atom is 0.251 e. The van der Waals surface area contributed by atoms with E-state index in [2.05, 4.69) is 37.5 Å². The Morgan fingerprint density at radius 2 is 1.77 bits per heavy atom. The van der Waals surface area contributed by atoms with E-state index in [-0.39, 0.29) is 54.5 Å². The lowest BCUT2D eigenvalue weighted by Crippen LogP contribution is -2.57. The highest BCUT2D eigenvalue weighted by Crippen LogP contribution is 2.46. The lowest BCUT2D eigenvalue weighted by molar-refractivity contribution is -0.147. The Balaban J connectivity index is 1.56. The van der Waals surface area contributed by atoms with Crippen molar-refractivity contribution < 1.29 is 19.2 Å². The van der Waals surface area contributed by atoms with Crippen molar-refractivity contribution in [2.24, 2.45) is 5.92 Å². The van der Waals surface area contributed by atoms with Gasteiger partial charge in [-0.3, -0.25) is 19.2 Å². The number of nitriles is 1. The molecule has 1 fully saturated rings. The summed E-state index contributed by atoms with van der Waals surface area (Å²) in [5.74, 6) is -1.27. The molecule has 0 unspecified atom stereocenters. The molecule has 9 nitrogen and oxygen atoms in total. The molecule has 2 aliphatic rings. The second-order valence-corrected chi connectivity index (χ2v) is 13.2. The monoisotopic (exact) mass is 585 g/mol. The van der Waals surface area contributed by atoms with E-state index in [0.29, 0.717) is 17.7 Å². The zero-order valence-electron chi connectivity index (χ0n) is 26.2. The van der Waals surface area contributed by atoms with Crippen molar-refractivity contribution >= 4 is 29.3 Å². The van der Waals surface area contributed by atoms with E-state index < -0.39 is 23.5 Å². The molecular formula is C34H43N5O4. The van der Waals surface area contributed by atoms with Gasteiger partial charge in [-0.25, -0.2) is 0 Å². The van der Waals surface area contributed by atoms with Crippen molar-refractivity contribution in [3.8, 4) is 6.07 Å².